The van der Waals surface area contributed by atoms with E-state index in [-0.39, 0.29) is 11.7 Å². The minimum absolute atomic E-state index is 0.0246. The van der Waals surface area contributed by atoms with Gasteiger partial charge in [-0.05, 0) is 17.5 Å². The van der Waals surface area contributed by atoms with E-state index in [2.05, 4.69) is 15.3 Å². The predicted octanol–water partition coefficient (Wildman–Crippen LogP) is 2.80. The van der Waals surface area contributed by atoms with Gasteiger partial charge in [0.1, 0.15) is 5.56 Å². The van der Waals surface area contributed by atoms with E-state index in [4.69, 9.17) is 0 Å². The molecular weight excluding hydrogens is 245 g/mol. The van der Waals surface area contributed by atoms with E-state index in [1.165, 1.54) is 18.6 Å². The van der Waals surface area contributed by atoms with Crippen LogP contribution in [0.1, 0.15) is 30.9 Å². The highest BCUT2D eigenvalue weighted by Gasteiger charge is 2.35. The van der Waals surface area contributed by atoms with Gasteiger partial charge in [0.05, 0.1) is 12.4 Å². The first-order valence-corrected chi connectivity index (χ1v) is 5.33. The molecule has 2 rings (SSSR count). The molecule has 0 saturated carbocycles. The Kier molecular flexibility index (Phi) is 3.06. The second-order valence-electron chi connectivity index (χ2n) is 4.14. The standard InChI is InChI=1S/C11H11F3N4/c1-7(2)8-5-9(11(12,13)14)10(15-6-8)18-4-3-16-17-18/h3-7H,1-2H3. The largest absolute Gasteiger partial charge is 0.420 e. The van der Waals surface area contributed by atoms with E-state index in [1.807, 2.05) is 13.8 Å². The lowest BCUT2D eigenvalue weighted by Crippen LogP contribution is -2.14. The Morgan fingerprint density at radius 3 is 2.50 bits per heavy atom. The van der Waals surface area contributed by atoms with Crippen LogP contribution in [0.15, 0.2) is 24.7 Å². The quantitative estimate of drug-likeness (QED) is 0.829. The number of pyridine rings is 1. The van der Waals surface area contributed by atoms with Gasteiger partial charge < -0.3 is 0 Å². The Morgan fingerprint density at radius 2 is 2.00 bits per heavy atom. The monoisotopic (exact) mass is 256 g/mol. The van der Waals surface area contributed by atoms with Crippen LogP contribution in [0, 0.1) is 0 Å². The lowest BCUT2D eigenvalue weighted by Gasteiger charge is -2.14. The van der Waals surface area contributed by atoms with Crippen molar-refractivity contribution in [1.82, 2.24) is 20.0 Å². The van der Waals surface area contributed by atoms with Crippen LogP contribution >= 0.6 is 0 Å². The Balaban J connectivity index is 2.60. The Bertz CT molecular complexity index is 532. The Morgan fingerprint density at radius 1 is 1.28 bits per heavy atom. The van der Waals surface area contributed by atoms with Gasteiger partial charge in [-0.3, -0.25) is 0 Å². The minimum Gasteiger partial charge on any atom is -0.236 e. The molecule has 0 aliphatic carbocycles. The maximum absolute atomic E-state index is 13.0. The SMILES string of the molecule is CC(C)c1cnc(-n2ccnn2)c(C(F)(F)F)c1. The molecule has 0 N–H and O–H groups in total. The van der Waals surface area contributed by atoms with Crippen molar-refractivity contribution in [3.05, 3.63) is 35.8 Å². The van der Waals surface area contributed by atoms with Gasteiger partial charge in [0.25, 0.3) is 0 Å². The summed E-state index contributed by atoms with van der Waals surface area (Å²) in [5, 5.41) is 7.02. The van der Waals surface area contributed by atoms with Crippen molar-refractivity contribution in [2.24, 2.45) is 0 Å². The van der Waals surface area contributed by atoms with Crippen molar-refractivity contribution in [2.75, 3.05) is 0 Å². The van der Waals surface area contributed by atoms with Gasteiger partial charge in [0.2, 0.25) is 0 Å². The molecule has 4 nitrogen and oxygen atoms in total. The molecule has 0 aliphatic heterocycles. The third-order valence-corrected chi connectivity index (χ3v) is 2.50. The summed E-state index contributed by atoms with van der Waals surface area (Å²) in [6, 6.07) is 1.11. The van der Waals surface area contributed by atoms with Crippen LogP contribution in [-0.2, 0) is 6.18 Å². The number of hydrogen-bond acceptors (Lipinski definition) is 3. The van der Waals surface area contributed by atoms with Crippen molar-refractivity contribution in [3.63, 3.8) is 0 Å². The van der Waals surface area contributed by atoms with Gasteiger partial charge in [0, 0.05) is 6.20 Å². The van der Waals surface area contributed by atoms with Crippen LogP contribution in [0.5, 0.6) is 0 Å². The molecule has 18 heavy (non-hydrogen) atoms. The minimum atomic E-state index is -4.47. The number of nitrogens with zero attached hydrogens (tertiary/aromatic N) is 4. The predicted molar refractivity (Wildman–Crippen MR) is 58.2 cm³/mol. The highest BCUT2D eigenvalue weighted by molar-refractivity contribution is 5.38. The average Bonchev–Trinajstić information content (AvgIpc) is 2.80. The van der Waals surface area contributed by atoms with Crippen LogP contribution in [0.3, 0.4) is 0 Å². The molecule has 0 unspecified atom stereocenters. The van der Waals surface area contributed by atoms with Crippen molar-refractivity contribution >= 4 is 0 Å². The van der Waals surface area contributed by atoms with Crippen molar-refractivity contribution < 1.29 is 13.2 Å². The molecule has 0 spiro atoms. The molecule has 0 aliphatic rings. The van der Waals surface area contributed by atoms with Crippen LogP contribution in [0.25, 0.3) is 5.82 Å². The lowest BCUT2D eigenvalue weighted by molar-refractivity contribution is -0.137. The molecule has 0 saturated heterocycles. The summed E-state index contributed by atoms with van der Waals surface area (Å²) in [4.78, 5) is 3.85. The molecule has 0 atom stereocenters. The number of halogens is 3. The summed E-state index contributed by atoms with van der Waals surface area (Å²) < 4.78 is 40.0. The molecule has 0 bridgehead atoms. The summed E-state index contributed by atoms with van der Waals surface area (Å²) in [6.45, 7) is 3.62. The number of hydrogen-bond donors (Lipinski definition) is 0. The van der Waals surface area contributed by atoms with Gasteiger partial charge in [-0.25, -0.2) is 9.67 Å². The first kappa shape index (κ1) is 12.5. The zero-order valence-corrected chi connectivity index (χ0v) is 9.81. The summed E-state index contributed by atoms with van der Waals surface area (Å²) in [5.74, 6) is -0.284. The van der Waals surface area contributed by atoms with Gasteiger partial charge in [-0.1, -0.05) is 19.1 Å². The van der Waals surface area contributed by atoms with Gasteiger partial charge in [0.15, 0.2) is 5.82 Å². The molecule has 0 radical (unpaired) electrons. The molecule has 96 valence electrons. The highest BCUT2D eigenvalue weighted by atomic mass is 19.4. The average molecular weight is 256 g/mol. The topological polar surface area (TPSA) is 43.6 Å². The number of aromatic nitrogens is 4. The third kappa shape index (κ3) is 2.34. The Hall–Kier alpha value is -1.92. The normalized spacial score (nSPS) is 12.1. The first-order valence-electron chi connectivity index (χ1n) is 5.33. The maximum Gasteiger partial charge on any atom is 0.420 e. The van der Waals surface area contributed by atoms with E-state index < -0.39 is 11.7 Å². The van der Waals surface area contributed by atoms with E-state index in [0.29, 0.717) is 5.56 Å². The molecule has 0 amide bonds. The second kappa shape index (κ2) is 4.40. The molecule has 7 heteroatoms. The summed E-state index contributed by atoms with van der Waals surface area (Å²) in [7, 11) is 0. The van der Waals surface area contributed by atoms with Crippen molar-refractivity contribution in [3.8, 4) is 5.82 Å². The maximum atomic E-state index is 13.0. The zero-order valence-electron chi connectivity index (χ0n) is 9.81. The van der Waals surface area contributed by atoms with E-state index >= 15 is 0 Å². The Labute approximate surface area is 101 Å². The number of alkyl halides is 3. The fourth-order valence-corrected chi connectivity index (χ4v) is 1.50. The van der Waals surface area contributed by atoms with E-state index in [1.54, 1.807) is 0 Å². The molecule has 0 fully saturated rings. The summed E-state index contributed by atoms with van der Waals surface area (Å²) in [5.41, 5.74) is -0.273. The first-order chi connectivity index (χ1) is 8.39. The van der Waals surface area contributed by atoms with Crippen molar-refractivity contribution in [2.45, 2.75) is 25.9 Å². The lowest BCUT2D eigenvalue weighted by atomic mass is 10.0. The zero-order chi connectivity index (χ0) is 13.3. The smallest absolute Gasteiger partial charge is 0.236 e. The van der Waals surface area contributed by atoms with E-state index in [9.17, 15) is 13.2 Å². The van der Waals surface area contributed by atoms with Gasteiger partial charge >= 0.3 is 6.18 Å². The fourth-order valence-electron chi connectivity index (χ4n) is 1.50. The van der Waals surface area contributed by atoms with Crippen LogP contribution in [0.4, 0.5) is 13.2 Å². The van der Waals surface area contributed by atoms with Gasteiger partial charge in [-0.15, -0.1) is 5.10 Å². The van der Waals surface area contributed by atoms with E-state index in [0.717, 1.165) is 10.7 Å². The van der Waals surface area contributed by atoms with Gasteiger partial charge in [-0.2, -0.15) is 13.2 Å². The molecule has 2 aromatic heterocycles. The van der Waals surface area contributed by atoms with Crippen LogP contribution in [0.2, 0.25) is 0 Å². The summed E-state index contributed by atoms with van der Waals surface area (Å²) >= 11 is 0. The third-order valence-electron chi connectivity index (χ3n) is 2.50. The molecular formula is C11H11F3N4. The molecule has 0 aromatic carbocycles. The fraction of sp³-hybridized carbons (Fsp3) is 0.364. The molecule has 2 heterocycles. The van der Waals surface area contributed by atoms with Crippen LogP contribution < -0.4 is 0 Å². The summed E-state index contributed by atoms with van der Waals surface area (Å²) in [6.07, 6.45) is -0.416. The molecule has 2 aromatic rings. The highest BCUT2D eigenvalue weighted by Crippen LogP contribution is 2.34. The second-order valence-corrected chi connectivity index (χ2v) is 4.14. The van der Waals surface area contributed by atoms with Crippen molar-refractivity contribution in [1.29, 1.82) is 0 Å². The number of rotatable bonds is 2. The van der Waals surface area contributed by atoms with Crippen LogP contribution in [-0.4, -0.2) is 20.0 Å².